The third-order valence-electron chi connectivity index (χ3n) is 3.77. The summed E-state index contributed by atoms with van der Waals surface area (Å²) >= 11 is 1.66. The summed E-state index contributed by atoms with van der Waals surface area (Å²) in [5.41, 5.74) is 3.13. The molecule has 1 aromatic heterocycles. The molecule has 1 amide bonds. The molecule has 0 spiro atoms. The van der Waals surface area contributed by atoms with Crippen molar-refractivity contribution in [3.05, 3.63) is 39.8 Å². The number of rotatable bonds is 4. The van der Waals surface area contributed by atoms with Crippen molar-refractivity contribution < 1.29 is 9.53 Å². The average Bonchev–Trinajstić information content (AvgIpc) is 2.91. The molecular weight excluding hydrogens is 296 g/mol. The molecule has 0 bridgehead atoms. The molecule has 22 heavy (non-hydrogen) atoms. The number of carbonyl (C=O) groups is 1. The maximum atomic E-state index is 12.5. The maximum Gasteiger partial charge on any atom is 0.227 e. The highest BCUT2D eigenvalue weighted by molar-refractivity contribution is 7.09. The first-order valence-corrected chi connectivity index (χ1v) is 8.46. The Kier molecular flexibility index (Phi) is 4.43. The number of benzene rings is 1. The van der Waals surface area contributed by atoms with Crippen LogP contribution in [-0.4, -0.2) is 24.0 Å². The van der Waals surface area contributed by atoms with Crippen molar-refractivity contribution in [3.8, 4) is 5.75 Å². The molecular formula is C17H20N2O2S. The Hall–Kier alpha value is -1.88. The highest BCUT2D eigenvalue weighted by Gasteiger charge is 2.23. The molecule has 0 saturated heterocycles. The van der Waals surface area contributed by atoms with E-state index in [2.05, 4.69) is 10.4 Å². The highest BCUT2D eigenvalue weighted by Crippen LogP contribution is 2.32. The number of aryl methyl sites for hydroxylation is 3. The lowest BCUT2D eigenvalue weighted by atomic mass is 10.1. The van der Waals surface area contributed by atoms with Crippen molar-refractivity contribution in [3.63, 3.8) is 0 Å². The van der Waals surface area contributed by atoms with Crippen LogP contribution in [0.2, 0.25) is 0 Å². The number of thiazole rings is 1. The number of hydrogen-bond donors (Lipinski definition) is 0. The van der Waals surface area contributed by atoms with Crippen LogP contribution in [0.1, 0.15) is 29.1 Å². The number of hydrogen-bond acceptors (Lipinski definition) is 4. The Morgan fingerprint density at radius 2 is 2.27 bits per heavy atom. The molecule has 0 fully saturated rings. The molecule has 0 N–H and O–H groups in total. The summed E-state index contributed by atoms with van der Waals surface area (Å²) in [5.74, 6) is 0.982. The second-order valence-electron chi connectivity index (χ2n) is 5.58. The van der Waals surface area contributed by atoms with Gasteiger partial charge in [-0.2, -0.15) is 0 Å². The van der Waals surface area contributed by atoms with Crippen LogP contribution in [0.4, 0.5) is 5.69 Å². The first-order chi connectivity index (χ1) is 10.6. The van der Waals surface area contributed by atoms with Crippen molar-refractivity contribution in [1.82, 2.24) is 4.98 Å². The predicted molar refractivity (Wildman–Crippen MR) is 88.8 cm³/mol. The summed E-state index contributed by atoms with van der Waals surface area (Å²) in [5, 5.41) is 3.16. The Bertz CT molecular complexity index is 681. The van der Waals surface area contributed by atoms with Gasteiger partial charge in [0.1, 0.15) is 12.4 Å². The van der Waals surface area contributed by atoms with Gasteiger partial charge in [0, 0.05) is 11.8 Å². The minimum absolute atomic E-state index is 0.167. The quantitative estimate of drug-likeness (QED) is 0.867. The first-order valence-electron chi connectivity index (χ1n) is 7.58. The van der Waals surface area contributed by atoms with Crippen LogP contribution >= 0.6 is 11.3 Å². The van der Waals surface area contributed by atoms with E-state index >= 15 is 0 Å². The molecule has 1 aliphatic rings. The average molecular weight is 316 g/mol. The van der Waals surface area contributed by atoms with Gasteiger partial charge in [-0.3, -0.25) is 4.79 Å². The van der Waals surface area contributed by atoms with Crippen molar-refractivity contribution in [2.24, 2.45) is 0 Å². The Balaban J connectivity index is 1.61. The number of fused-ring (bicyclic) bond motifs is 1. The van der Waals surface area contributed by atoms with Gasteiger partial charge in [0.05, 0.1) is 22.9 Å². The van der Waals surface area contributed by atoms with Gasteiger partial charge in [0.2, 0.25) is 5.91 Å². The number of anilines is 1. The Labute approximate surface area is 134 Å². The van der Waals surface area contributed by atoms with E-state index in [9.17, 15) is 4.79 Å². The van der Waals surface area contributed by atoms with Crippen LogP contribution in [0.25, 0.3) is 0 Å². The molecule has 2 heterocycles. The largest absolute Gasteiger partial charge is 0.490 e. The molecule has 5 heteroatoms. The van der Waals surface area contributed by atoms with Gasteiger partial charge < -0.3 is 9.64 Å². The second kappa shape index (κ2) is 6.48. The van der Waals surface area contributed by atoms with Crippen molar-refractivity contribution in [2.45, 2.75) is 33.1 Å². The van der Waals surface area contributed by atoms with E-state index in [4.69, 9.17) is 4.74 Å². The third kappa shape index (κ3) is 3.30. The molecule has 1 aliphatic heterocycles. The summed E-state index contributed by atoms with van der Waals surface area (Å²) in [4.78, 5) is 18.8. The summed E-state index contributed by atoms with van der Waals surface area (Å²) in [7, 11) is 0. The van der Waals surface area contributed by atoms with Crippen LogP contribution in [0, 0.1) is 13.8 Å². The second-order valence-corrected chi connectivity index (χ2v) is 6.64. The standard InChI is InChI=1S/C17H20N2O2S/c1-12-6-7-15-16(10-12)21-9-8-19(15)17(20)5-3-4-14-11-22-13(2)18-14/h6-7,10-11H,3-5,8-9H2,1-2H3. The minimum atomic E-state index is 0.167. The van der Waals surface area contributed by atoms with Crippen LogP contribution in [0.3, 0.4) is 0 Å². The summed E-state index contributed by atoms with van der Waals surface area (Å²) in [6, 6.07) is 5.99. The smallest absolute Gasteiger partial charge is 0.227 e. The molecule has 3 rings (SSSR count). The zero-order valence-electron chi connectivity index (χ0n) is 13.0. The maximum absolute atomic E-state index is 12.5. The molecule has 4 nitrogen and oxygen atoms in total. The predicted octanol–water partition coefficient (Wildman–Crippen LogP) is 3.51. The van der Waals surface area contributed by atoms with Gasteiger partial charge in [-0.15, -0.1) is 11.3 Å². The lowest BCUT2D eigenvalue weighted by Gasteiger charge is -2.29. The first kappa shape index (κ1) is 15.0. The SMILES string of the molecule is Cc1ccc2c(c1)OCCN2C(=O)CCCc1csc(C)n1. The normalized spacial score (nSPS) is 13.6. The van der Waals surface area contributed by atoms with Crippen LogP contribution in [0.15, 0.2) is 23.6 Å². The molecule has 2 aromatic rings. The third-order valence-corrected chi connectivity index (χ3v) is 4.59. The summed E-state index contributed by atoms with van der Waals surface area (Å²) < 4.78 is 5.66. The van der Waals surface area contributed by atoms with E-state index in [0.717, 1.165) is 40.5 Å². The summed E-state index contributed by atoms with van der Waals surface area (Å²) in [6.07, 6.45) is 2.24. The van der Waals surface area contributed by atoms with E-state index < -0.39 is 0 Å². The van der Waals surface area contributed by atoms with Gasteiger partial charge in [-0.1, -0.05) is 6.07 Å². The van der Waals surface area contributed by atoms with Gasteiger partial charge >= 0.3 is 0 Å². The molecule has 1 aromatic carbocycles. The molecule has 0 unspecified atom stereocenters. The van der Waals surface area contributed by atoms with E-state index in [1.807, 2.05) is 36.9 Å². The van der Waals surface area contributed by atoms with E-state index in [-0.39, 0.29) is 5.91 Å². The van der Waals surface area contributed by atoms with Crippen molar-refractivity contribution >= 4 is 22.9 Å². The van der Waals surface area contributed by atoms with Crippen LogP contribution in [0.5, 0.6) is 5.75 Å². The lowest BCUT2D eigenvalue weighted by Crippen LogP contribution is -2.37. The zero-order valence-corrected chi connectivity index (χ0v) is 13.8. The Morgan fingerprint density at radius 1 is 1.41 bits per heavy atom. The zero-order chi connectivity index (χ0) is 15.5. The number of amides is 1. The van der Waals surface area contributed by atoms with Crippen molar-refractivity contribution in [1.29, 1.82) is 0 Å². The fourth-order valence-electron chi connectivity index (χ4n) is 2.67. The molecule has 0 atom stereocenters. The van der Waals surface area contributed by atoms with Crippen LogP contribution in [-0.2, 0) is 11.2 Å². The highest BCUT2D eigenvalue weighted by atomic mass is 32.1. The Morgan fingerprint density at radius 3 is 3.05 bits per heavy atom. The minimum Gasteiger partial charge on any atom is -0.490 e. The monoisotopic (exact) mass is 316 g/mol. The fourth-order valence-corrected chi connectivity index (χ4v) is 3.31. The van der Waals surface area contributed by atoms with E-state index in [1.54, 1.807) is 11.3 Å². The summed E-state index contributed by atoms with van der Waals surface area (Å²) in [6.45, 7) is 5.23. The number of aromatic nitrogens is 1. The molecule has 116 valence electrons. The van der Waals surface area contributed by atoms with Gasteiger partial charge in [-0.25, -0.2) is 4.98 Å². The van der Waals surface area contributed by atoms with Crippen molar-refractivity contribution in [2.75, 3.05) is 18.1 Å². The topological polar surface area (TPSA) is 42.4 Å². The van der Waals surface area contributed by atoms with Gasteiger partial charge in [0.25, 0.3) is 0 Å². The fraction of sp³-hybridized carbons (Fsp3) is 0.412. The molecule has 0 aliphatic carbocycles. The van der Waals surface area contributed by atoms with Gasteiger partial charge in [-0.05, 0) is 44.4 Å². The van der Waals surface area contributed by atoms with Crippen LogP contribution < -0.4 is 9.64 Å². The number of carbonyl (C=O) groups excluding carboxylic acids is 1. The lowest BCUT2D eigenvalue weighted by molar-refractivity contribution is -0.118. The molecule has 0 saturated carbocycles. The van der Waals surface area contributed by atoms with E-state index in [0.29, 0.717) is 19.6 Å². The number of ether oxygens (including phenoxy) is 1. The van der Waals surface area contributed by atoms with E-state index in [1.165, 1.54) is 0 Å². The van der Waals surface area contributed by atoms with Gasteiger partial charge in [0.15, 0.2) is 0 Å². The molecule has 0 radical (unpaired) electrons. The number of nitrogens with zero attached hydrogens (tertiary/aromatic N) is 2.